The highest BCUT2D eigenvalue weighted by atomic mass is 16.5. The van der Waals surface area contributed by atoms with Crippen molar-refractivity contribution in [1.82, 2.24) is 14.8 Å². The summed E-state index contributed by atoms with van der Waals surface area (Å²) in [4.78, 5) is 0. The minimum absolute atomic E-state index is 0.409. The minimum Gasteiger partial charge on any atom is -0.382 e. The van der Waals surface area contributed by atoms with E-state index in [1.54, 1.807) is 6.33 Å². The summed E-state index contributed by atoms with van der Waals surface area (Å²) in [6.45, 7) is 3.96. The van der Waals surface area contributed by atoms with Gasteiger partial charge in [-0.2, -0.15) is 0 Å². The lowest BCUT2D eigenvalue weighted by atomic mass is 10.0. The second kappa shape index (κ2) is 5.63. The van der Waals surface area contributed by atoms with Crippen molar-refractivity contribution in [3.05, 3.63) is 30.6 Å². The number of nitrogens with one attached hydrogen (secondary N) is 1. The molecule has 0 spiro atoms. The molecule has 1 aromatic carbocycles. The molecule has 1 N–H and O–H groups in total. The molecule has 0 radical (unpaired) electrons. The molecule has 0 bridgehead atoms. The van der Waals surface area contributed by atoms with Crippen molar-refractivity contribution < 1.29 is 4.74 Å². The summed E-state index contributed by atoms with van der Waals surface area (Å²) in [6.07, 6.45) is 2.85. The number of aryl methyl sites for hydroxylation is 1. The fourth-order valence-electron chi connectivity index (χ4n) is 2.62. The topological polar surface area (TPSA) is 52.0 Å². The van der Waals surface area contributed by atoms with Gasteiger partial charge in [0, 0.05) is 36.9 Å². The Bertz CT molecular complexity index is 575. The Morgan fingerprint density at radius 2 is 2.35 bits per heavy atom. The van der Waals surface area contributed by atoms with Gasteiger partial charge in [0.15, 0.2) is 5.82 Å². The van der Waals surface area contributed by atoms with E-state index in [9.17, 15) is 0 Å². The zero-order chi connectivity index (χ0) is 13.9. The predicted octanol–water partition coefficient (Wildman–Crippen LogP) is 2.32. The molecule has 1 saturated heterocycles. The van der Waals surface area contributed by atoms with Gasteiger partial charge in [-0.25, -0.2) is 0 Å². The van der Waals surface area contributed by atoms with Crippen molar-refractivity contribution in [2.24, 2.45) is 13.0 Å². The number of aromatic nitrogens is 3. The molecule has 2 heterocycles. The minimum atomic E-state index is 0.409. The number of anilines is 1. The molecule has 2 atom stereocenters. The van der Waals surface area contributed by atoms with Crippen molar-refractivity contribution >= 4 is 5.69 Å². The molecule has 106 valence electrons. The highest BCUT2D eigenvalue weighted by Crippen LogP contribution is 2.23. The van der Waals surface area contributed by atoms with Gasteiger partial charge in [-0.05, 0) is 25.5 Å². The molecular formula is C15H20N4O. The maximum atomic E-state index is 5.45. The third-order valence-electron chi connectivity index (χ3n) is 3.90. The van der Waals surface area contributed by atoms with Crippen molar-refractivity contribution in [3.63, 3.8) is 0 Å². The Labute approximate surface area is 119 Å². The number of hydrogen-bond donors (Lipinski definition) is 1. The van der Waals surface area contributed by atoms with Crippen LogP contribution in [0.25, 0.3) is 11.4 Å². The number of benzene rings is 1. The van der Waals surface area contributed by atoms with E-state index in [4.69, 9.17) is 4.74 Å². The van der Waals surface area contributed by atoms with Crippen LogP contribution in [-0.2, 0) is 11.8 Å². The van der Waals surface area contributed by atoms with E-state index < -0.39 is 0 Å². The lowest BCUT2D eigenvalue weighted by Crippen LogP contribution is -2.26. The second-order valence-electron chi connectivity index (χ2n) is 5.40. The fourth-order valence-corrected chi connectivity index (χ4v) is 2.62. The Morgan fingerprint density at radius 1 is 1.45 bits per heavy atom. The van der Waals surface area contributed by atoms with E-state index >= 15 is 0 Å². The first-order chi connectivity index (χ1) is 9.74. The molecule has 0 aliphatic carbocycles. The zero-order valence-electron chi connectivity index (χ0n) is 11.9. The highest BCUT2D eigenvalue weighted by Gasteiger charge is 2.22. The Kier molecular flexibility index (Phi) is 3.69. The molecule has 0 amide bonds. The van der Waals surface area contributed by atoms with Gasteiger partial charge in [-0.15, -0.1) is 10.2 Å². The lowest BCUT2D eigenvalue weighted by molar-refractivity contribution is 0.183. The maximum Gasteiger partial charge on any atom is 0.163 e. The van der Waals surface area contributed by atoms with Crippen molar-refractivity contribution in [2.75, 3.05) is 18.5 Å². The monoisotopic (exact) mass is 272 g/mol. The quantitative estimate of drug-likeness (QED) is 0.928. The van der Waals surface area contributed by atoms with Crippen LogP contribution in [0, 0.1) is 5.92 Å². The van der Waals surface area contributed by atoms with Crippen LogP contribution in [0.3, 0.4) is 0 Å². The molecular weight excluding hydrogens is 252 g/mol. The summed E-state index contributed by atoms with van der Waals surface area (Å²) in [5, 5.41) is 11.6. The highest BCUT2D eigenvalue weighted by molar-refractivity contribution is 5.62. The molecule has 1 aliphatic rings. The number of nitrogens with zero attached hydrogens (tertiary/aromatic N) is 3. The summed E-state index contributed by atoms with van der Waals surface area (Å²) in [6, 6.07) is 8.72. The molecule has 3 rings (SSSR count). The van der Waals surface area contributed by atoms with Crippen LogP contribution in [0.5, 0.6) is 0 Å². The first kappa shape index (κ1) is 13.1. The van der Waals surface area contributed by atoms with Crippen molar-refractivity contribution in [3.8, 4) is 11.4 Å². The van der Waals surface area contributed by atoms with E-state index in [1.807, 2.05) is 17.7 Å². The van der Waals surface area contributed by atoms with Crippen molar-refractivity contribution in [2.45, 2.75) is 19.4 Å². The molecule has 2 aromatic rings. The normalized spacial score (nSPS) is 20.0. The summed E-state index contributed by atoms with van der Waals surface area (Å²) < 4.78 is 7.38. The number of hydrogen-bond acceptors (Lipinski definition) is 4. The molecule has 5 heteroatoms. The predicted molar refractivity (Wildman–Crippen MR) is 78.4 cm³/mol. The first-order valence-electron chi connectivity index (χ1n) is 7.03. The number of ether oxygens (including phenoxy) is 1. The summed E-state index contributed by atoms with van der Waals surface area (Å²) in [5.74, 6) is 1.47. The Balaban J connectivity index is 1.76. The van der Waals surface area contributed by atoms with Crippen LogP contribution in [-0.4, -0.2) is 34.0 Å². The Hall–Kier alpha value is -1.88. The fraction of sp³-hybridized carbons (Fsp3) is 0.467. The van der Waals surface area contributed by atoms with Gasteiger partial charge in [0.05, 0.1) is 6.61 Å². The average molecular weight is 272 g/mol. The zero-order valence-corrected chi connectivity index (χ0v) is 11.9. The molecule has 5 nitrogen and oxygen atoms in total. The molecule has 1 aromatic heterocycles. The van der Waals surface area contributed by atoms with Gasteiger partial charge in [-0.3, -0.25) is 0 Å². The maximum absolute atomic E-state index is 5.45. The van der Waals surface area contributed by atoms with Crippen LogP contribution in [0.2, 0.25) is 0 Å². The van der Waals surface area contributed by atoms with Crippen LogP contribution in [0.4, 0.5) is 5.69 Å². The van der Waals surface area contributed by atoms with E-state index in [-0.39, 0.29) is 0 Å². The SMILES string of the molecule is CC(Nc1cccc(-c2nncn2C)c1)C1CCOC1. The molecule has 2 unspecified atom stereocenters. The van der Waals surface area contributed by atoms with Gasteiger partial charge in [0.2, 0.25) is 0 Å². The first-order valence-corrected chi connectivity index (χ1v) is 7.03. The van der Waals surface area contributed by atoms with Gasteiger partial charge < -0.3 is 14.6 Å². The van der Waals surface area contributed by atoms with Crippen LogP contribution in [0.15, 0.2) is 30.6 Å². The van der Waals surface area contributed by atoms with E-state index in [0.29, 0.717) is 12.0 Å². The number of rotatable bonds is 4. The summed E-state index contributed by atoms with van der Waals surface area (Å²) in [7, 11) is 1.95. The third-order valence-corrected chi connectivity index (χ3v) is 3.90. The van der Waals surface area contributed by atoms with Gasteiger partial charge >= 0.3 is 0 Å². The van der Waals surface area contributed by atoms with Crippen molar-refractivity contribution in [1.29, 1.82) is 0 Å². The molecule has 20 heavy (non-hydrogen) atoms. The second-order valence-corrected chi connectivity index (χ2v) is 5.40. The van der Waals surface area contributed by atoms with E-state index in [2.05, 4.69) is 40.6 Å². The smallest absolute Gasteiger partial charge is 0.163 e. The molecule has 0 saturated carbocycles. The van der Waals surface area contributed by atoms with Gasteiger partial charge in [0.25, 0.3) is 0 Å². The third kappa shape index (κ3) is 2.67. The van der Waals surface area contributed by atoms with E-state index in [0.717, 1.165) is 36.7 Å². The van der Waals surface area contributed by atoms with Crippen LogP contribution < -0.4 is 5.32 Å². The lowest BCUT2D eigenvalue weighted by Gasteiger charge is -2.20. The summed E-state index contributed by atoms with van der Waals surface area (Å²) in [5.41, 5.74) is 2.19. The van der Waals surface area contributed by atoms with Gasteiger partial charge in [-0.1, -0.05) is 12.1 Å². The van der Waals surface area contributed by atoms with Gasteiger partial charge in [0.1, 0.15) is 6.33 Å². The standard InChI is InChI=1S/C15H20N4O/c1-11(13-6-7-20-9-13)17-14-5-3-4-12(8-14)15-18-16-10-19(15)2/h3-5,8,10-11,13,17H,6-7,9H2,1-2H3. The van der Waals surface area contributed by atoms with E-state index in [1.165, 1.54) is 0 Å². The molecule has 1 fully saturated rings. The Morgan fingerprint density at radius 3 is 3.05 bits per heavy atom. The summed E-state index contributed by atoms with van der Waals surface area (Å²) >= 11 is 0. The average Bonchev–Trinajstić information content (AvgIpc) is 3.10. The molecule has 1 aliphatic heterocycles. The van der Waals surface area contributed by atoms with Crippen LogP contribution in [0.1, 0.15) is 13.3 Å². The van der Waals surface area contributed by atoms with Crippen LogP contribution >= 0.6 is 0 Å². The largest absolute Gasteiger partial charge is 0.382 e.